The van der Waals surface area contributed by atoms with E-state index in [0.717, 1.165) is 24.2 Å². The highest BCUT2D eigenvalue weighted by Gasteiger charge is 2.28. The normalized spacial score (nSPS) is 17.0. The molecule has 0 bridgehead atoms. The van der Waals surface area contributed by atoms with Crippen molar-refractivity contribution < 1.29 is 12.8 Å². The van der Waals surface area contributed by atoms with Crippen molar-refractivity contribution in [3.05, 3.63) is 54.0 Å². The first kappa shape index (κ1) is 21.9. The van der Waals surface area contributed by atoms with Gasteiger partial charge in [0.05, 0.1) is 10.3 Å². The van der Waals surface area contributed by atoms with Crippen molar-refractivity contribution in [1.29, 1.82) is 0 Å². The second-order valence-electron chi connectivity index (χ2n) is 7.61. The van der Waals surface area contributed by atoms with Gasteiger partial charge < -0.3 is 9.32 Å². The zero-order chi connectivity index (χ0) is 22.0. The number of hydrogen-bond donors (Lipinski definition) is 0. The molecule has 2 aromatic heterocycles. The Balaban J connectivity index is 1.43. The Morgan fingerprint density at radius 1 is 1.10 bits per heavy atom. The van der Waals surface area contributed by atoms with E-state index in [1.165, 1.54) is 22.3 Å². The Morgan fingerprint density at radius 3 is 2.55 bits per heavy atom. The molecule has 1 aromatic carbocycles. The smallest absolute Gasteiger partial charge is 0.247 e. The number of aryl methyl sites for hydroxylation is 1. The number of likely N-dealkylation sites (N-methyl/N-ethyl adjacent to an activating group) is 1. The standard InChI is InChI=1S/C21H25N5O3S2/c1-15-5-4-6-17(13-15)21-24-23-20(29-21)16(2)30-19-8-7-18(14-22-19)31(27,28)26-11-9-25(3)10-12-26/h4-8,13-14,16H,9-12H2,1-3H3. The maximum absolute atomic E-state index is 12.8. The largest absolute Gasteiger partial charge is 0.419 e. The molecular formula is C21H25N5O3S2. The van der Waals surface area contributed by atoms with Gasteiger partial charge in [-0.05, 0) is 45.2 Å². The quantitative estimate of drug-likeness (QED) is 0.519. The third kappa shape index (κ3) is 4.98. The van der Waals surface area contributed by atoms with E-state index in [1.54, 1.807) is 12.1 Å². The van der Waals surface area contributed by atoms with Crippen molar-refractivity contribution in [3.63, 3.8) is 0 Å². The van der Waals surface area contributed by atoms with Crippen molar-refractivity contribution in [2.24, 2.45) is 0 Å². The summed E-state index contributed by atoms with van der Waals surface area (Å²) in [6.07, 6.45) is 1.43. The predicted molar refractivity (Wildman–Crippen MR) is 119 cm³/mol. The molecule has 8 nitrogen and oxygen atoms in total. The molecule has 31 heavy (non-hydrogen) atoms. The summed E-state index contributed by atoms with van der Waals surface area (Å²) in [4.78, 5) is 6.69. The molecule has 1 atom stereocenters. The average Bonchev–Trinajstić information content (AvgIpc) is 3.25. The van der Waals surface area contributed by atoms with Gasteiger partial charge in [0.2, 0.25) is 21.8 Å². The fourth-order valence-electron chi connectivity index (χ4n) is 3.29. The van der Waals surface area contributed by atoms with Crippen LogP contribution in [-0.4, -0.2) is 66.0 Å². The number of thioether (sulfide) groups is 1. The van der Waals surface area contributed by atoms with Crippen LogP contribution in [0.5, 0.6) is 0 Å². The van der Waals surface area contributed by atoms with E-state index in [1.807, 2.05) is 45.2 Å². The van der Waals surface area contributed by atoms with Gasteiger partial charge in [0.1, 0.15) is 4.90 Å². The maximum Gasteiger partial charge on any atom is 0.247 e. The Hall–Kier alpha value is -2.27. The van der Waals surface area contributed by atoms with Crippen LogP contribution < -0.4 is 0 Å². The number of hydrogen-bond acceptors (Lipinski definition) is 8. The number of rotatable bonds is 6. The Morgan fingerprint density at radius 2 is 1.87 bits per heavy atom. The lowest BCUT2D eigenvalue weighted by Crippen LogP contribution is -2.47. The van der Waals surface area contributed by atoms with Gasteiger partial charge >= 0.3 is 0 Å². The summed E-state index contributed by atoms with van der Waals surface area (Å²) in [5, 5.41) is 8.89. The lowest BCUT2D eigenvalue weighted by molar-refractivity contribution is 0.222. The van der Waals surface area contributed by atoms with Crippen molar-refractivity contribution >= 4 is 21.8 Å². The highest BCUT2D eigenvalue weighted by atomic mass is 32.2. The molecule has 164 valence electrons. The molecular weight excluding hydrogens is 434 g/mol. The summed E-state index contributed by atoms with van der Waals surface area (Å²) in [5.41, 5.74) is 2.00. The lowest BCUT2D eigenvalue weighted by atomic mass is 10.1. The van der Waals surface area contributed by atoms with Gasteiger partial charge in [-0.15, -0.1) is 10.2 Å². The first-order valence-corrected chi connectivity index (χ1v) is 12.4. The second kappa shape index (κ2) is 9.07. The molecule has 3 aromatic rings. The maximum atomic E-state index is 12.8. The third-order valence-corrected chi connectivity index (χ3v) is 8.08. The van der Waals surface area contributed by atoms with Gasteiger partial charge in [0.25, 0.3) is 0 Å². The molecule has 1 fully saturated rings. The number of pyridine rings is 1. The predicted octanol–water partition coefficient (Wildman–Crippen LogP) is 3.23. The SMILES string of the molecule is Cc1cccc(-c2nnc(C(C)Sc3ccc(S(=O)(=O)N4CCN(C)CC4)cn3)o2)c1. The summed E-state index contributed by atoms with van der Waals surface area (Å²) in [6, 6.07) is 11.2. The van der Waals surface area contributed by atoms with Crippen LogP contribution >= 0.6 is 11.8 Å². The van der Waals surface area contributed by atoms with E-state index in [0.29, 0.717) is 29.9 Å². The third-order valence-electron chi connectivity index (χ3n) is 5.16. The van der Waals surface area contributed by atoms with E-state index in [9.17, 15) is 8.42 Å². The molecule has 1 aliphatic rings. The number of benzene rings is 1. The molecule has 0 aliphatic carbocycles. The van der Waals surface area contributed by atoms with Crippen LogP contribution in [0, 0.1) is 6.92 Å². The summed E-state index contributed by atoms with van der Waals surface area (Å²) >= 11 is 1.44. The lowest BCUT2D eigenvalue weighted by Gasteiger charge is -2.31. The molecule has 0 spiro atoms. The summed E-state index contributed by atoms with van der Waals surface area (Å²) in [5.74, 6) is 0.977. The summed E-state index contributed by atoms with van der Waals surface area (Å²) in [7, 11) is -1.53. The van der Waals surface area contributed by atoms with Crippen LogP contribution in [0.1, 0.15) is 23.6 Å². The van der Waals surface area contributed by atoms with Crippen LogP contribution in [-0.2, 0) is 10.0 Å². The number of nitrogens with zero attached hydrogens (tertiary/aromatic N) is 5. The Kier molecular flexibility index (Phi) is 6.42. The zero-order valence-corrected chi connectivity index (χ0v) is 19.4. The fourth-order valence-corrected chi connectivity index (χ4v) is 5.48. The van der Waals surface area contributed by atoms with E-state index < -0.39 is 10.0 Å². The van der Waals surface area contributed by atoms with Gasteiger partial charge in [-0.1, -0.05) is 29.5 Å². The van der Waals surface area contributed by atoms with E-state index >= 15 is 0 Å². The minimum atomic E-state index is -3.52. The molecule has 0 radical (unpaired) electrons. The van der Waals surface area contributed by atoms with Crippen LogP contribution in [0.3, 0.4) is 0 Å². The number of aromatic nitrogens is 3. The second-order valence-corrected chi connectivity index (χ2v) is 10.9. The monoisotopic (exact) mass is 459 g/mol. The molecule has 3 heterocycles. The van der Waals surface area contributed by atoms with Gasteiger partial charge in [-0.3, -0.25) is 0 Å². The average molecular weight is 460 g/mol. The summed E-state index contributed by atoms with van der Waals surface area (Å²) in [6.45, 7) is 6.41. The highest BCUT2D eigenvalue weighted by molar-refractivity contribution is 7.99. The van der Waals surface area contributed by atoms with Crippen molar-refractivity contribution in [2.45, 2.75) is 29.0 Å². The van der Waals surface area contributed by atoms with Crippen LogP contribution in [0.15, 0.2) is 56.9 Å². The molecule has 0 saturated carbocycles. The van der Waals surface area contributed by atoms with Crippen LogP contribution in [0.25, 0.3) is 11.5 Å². The zero-order valence-electron chi connectivity index (χ0n) is 17.7. The van der Waals surface area contributed by atoms with Gasteiger partial charge in [-0.25, -0.2) is 13.4 Å². The fraction of sp³-hybridized carbons (Fsp3) is 0.381. The highest BCUT2D eigenvalue weighted by Crippen LogP contribution is 2.34. The number of sulfonamides is 1. The number of piperazine rings is 1. The molecule has 0 amide bonds. The van der Waals surface area contributed by atoms with E-state index in [-0.39, 0.29) is 10.1 Å². The van der Waals surface area contributed by atoms with Gasteiger partial charge in [0, 0.05) is 37.9 Å². The topological polar surface area (TPSA) is 92.4 Å². The van der Waals surface area contributed by atoms with Gasteiger partial charge in [-0.2, -0.15) is 4.31 Å². The molecule has 1 saturated heterocycles. The Labute approximate surface area is 186 Å². The van der Waals surface area contributed by atoms with Crippen molar-refractivity contribution in [2.75, 3.05) is 33.2 Å². The van der Waals surface area contributed by atoms with Gasteiger partial charge in [0.15, 0.2) is 0 Å². The Bertz CT molecular complexity index is 1140. The minimum Gasteiger partial charge on any atom is -0.419 e. The van der Waals surface area contributed by atoms with Crippen molar-refractivity contribution in [1.82, 2.24) is 24.4 Å². The molecule has 0 N–H and O–H groups in total. The minimum absolute atomic E-state index is 0.126. The molecule has 10 heteroatoms. The molecule has 4 rings (SSSR count). The molecule has 1 unspecified atom stereocenters. The van der Waals surface area contributed by atoms with Crippen LogP contribution in [0.4, 0.5) is 0 Å². The van der Waals surface area contributed by atoms with E-state index in [4.69, 9.17) is 4.42 Å². The van der Waals surface area contributed by atoms with E-state index in [2.05, 4.69) is 20.1 Å². The van der Waals surface area contributed by atoms with Crippen molar-refractivity contribution in [3.8, 4) is 11.5 Å². The molecule has 1 aliphatic heterocycles. The first-order chi connectivity index (χ1) is 14.8. The van der Waals surface area contributed by atoms with Crippen LogP contribution in [0.2, 0.25) is 0 Å². The first-order valence-electron chi connectivity index (χ1n) is 10.0. The summed E-state index contributed by atoms with van der Waals surface area (Å²) < 4.78 is 33.0.